The second kappa shape index (κ2) is 4.34. The molecule has 0 radical (unpaired) electrons. The maximum atomic E-state index is 6.05. The number of nitrogens with two attached hydrogens (primary N) is 1. The number of fused-ring (bicyclic) bond motifs is 2. The van der Waals surface area contributed by atoms with E-state index in [0.717, 1.165) is 35.1 Å². The summed E-state index contributed by atoms with van der Waals surface area (Å²) >= 11 is 0. The summed E-state index contributed by atoms with van der Waals surface area (Å²) in [5.41, 5.74) is 11.4. The Morgan fingerprint density at radius 3 is 2.90 bits per heavy atom. The van der Waals surface area contributed by atoms with E-state index in [1.165, 1.54) is 24.2 Å². The average molecular weight is 264 g/mol. The van der Waals surface area contributed by atoms with Crippen LogP contribution in [0.15, 0.2) is 36.8 Å². The predicted molar refractivity (Wildman–Crippen MR) is 79.9 cm³/mol. The van der Waals surface area contributed by atoms with Crippen LogP contribution in [0.2, 0.25) is 0 Å². The third-order valence-electron chi connectivity index (χ3n) is 4.07. The molecule has 0 bridgehead atoms. The van der Waals surface area contributed by atoms with Crippen molar-refractivity contribution in [3.63, 3.8) is 0 Å². The second-order valence-corrected chi connectivity index (χ2v) is 5.29. The molecule has 100 valence electrons. The Balaban J connectivity index is 1.99. The molecule has 0 atom stereocenters. The predicted octanol–water partition coefficient (Wildman–Crippen LogP) is 2.88. The van der Waals surface area contributed by atoms with Gasteiger partial charge in [0.15, 0.2) is 0 Å². The van der Waals surface area contributed by atoms with E-state index < -0.39 is 0 Å². The first-order chi connectivity index (χ1) is 9.84. The zero-order chi connectivity index (χ0) is 13.5. The Hall–Kier alpha value is -2.36. The first-order valence-electron chi connectivity index (χ1n) is 7.03. The highest BCUT2D eigenvalue weighted by Gasteiger charge is 2.17. The molecule has 4 heteroatoms. The number of pyridine rings is 1. The fraction of sp³-hybridized carbons (Fsp3) is 0.250. The van der Waals surface area contributed by atoms with Crippen molar-refractivity contribution in [1.29, 1.82) is 0 Å². The van der Waals surface area contributed by atoms with Crippen LogP contribution in [-0.4, -0.2) is 14.5 Å². The molecule has 0 aliphatic heterocycles. The molecule has 1 aliphatic carbocycles. The number of hydrogen-bond acceptors (Lipinski definition) is 3. The summed E-state index contributed by atoms with van der Waals surface area (Å²) in [6.07, 6.45) is 8.39. The highest BCUT2D eigenvalue weighted by atomic mass is 15.1. The number of nitrogen functional groups attached to an aromatic ring is 1. The van der Waals surface area contributed by atoms with Crippen molar-refractivity contribution in [2.75, 3.05) is 5.73 Å². The molecule has 4 nitrogen and oxygen atoms in total. The minimum Gasteiger partial charge on any atom is -0.398 e. The van der Waals surface area contributed by atoms with Crippen molar-refractivity contribution in [3.8, 4) is 5.69 Å². The number of benzene rings is 1. The van der Waals surface area contributed by atoms with E-state index in [4.69, 9.17) is 5.73 Å². The molecule has 4 rings (SSSR count). The normalized spacial score (nSPS) is 14.4. The summed E-state index contributed by atoms with van der Waals surface area (Å²) in [4.78, 5) is 9.08. The van der Waals surface area contributed by atoms with E-state index in [2.05, 4.69) is 14.5 Å². The molecular formula is C16H16N4. The minimum absolute atomic E-state index is 0.769. The summed E-state index contributed by atoms with van der Waals surface area (Å²) in [5, 5.41) is 1.00. The van der Waals surface area contributed by atoms with Crippen LogP contribution in [0.1, 0.15) is 24.2 Å². The highest BCUT2D eigenvalue weighted by molar-refractivity contribution is 5.95. The lowest BCUT2D eigenvalue weighted by Gasteiger charge is -2.15. The van der Waals surface area contributed by atoms with E-state index in [9.17, 15) is 0 Å². The third kappa shape index (κ3) is 1.61. The topological polar surface area (TPSA) is 56.7 Å². The zero-order valence-corrected chi connectivity index (χ0v) is 11.2. The van der Waals surface area contributed by atoms with Gasteiger partial charge in [-0.25, -0.2) is 4.98 Å². The zero-order valence-electron chi connectivity index (χ0n) is 11.2. The Kier molecular flexibility index (Phi) is 2.49. The molecule has 0 unspecified atom stereocenters. The molecule has 0 fully saturated rings. The molecule has 1 aliphatic rings. The Bertz CT molecular complexity index is 788. The van der Waals surface area contributed by atoms with Gasteiger partial charge in [0.05, 0.1) is 23.2 Å². The molecule has 0 spiro atoms. The number of aryl methyl sites for hydroxylation is 1. The maximum Gasteiger partial charge on any atom is 0.0998 e. The summed E-state index contributed by atoms with van der Waals surface area (Å²) in [5.74, 6) is 0. The number of rotatable bonds is 1. The minimum atomic E-state index is 0.769. The van der Waals surface area contributed by atoms with Gasteiger partial charge in [0, 0.05) is 23.0 Å². The molecule has 1 aromatic carbocycles. The lowest BCUT2D eigenvalue weighted by molar-refractivity contribution is 0.656. The fourth-order valence-electron chi connectivity index (χ4n) is 3.05. The van der Waals surface area contributed by atoms with Crippen molar-refractivity contribution in [2.24, 2.45) is 0 Å². The molecule has 20 heavy (non-hydrogen) atoms. The molecule has 3 aromatic rings. The first kappa shape index (κ1) is 11.5. The second-order valence-electron chi connectivity index (χ2n) is 5.29. The lowest BCUT2D eigenvalue weighted by Crippen LogP contribution is -2.07. The van der Waals surface area contributed by atoms with Crippen molar-refractivity contribution < 1.29 is 0 Å². The standard InChI is InChI=1S/C16H16N4/c17-12-7-8-15(16-11(12)4-3-9-18-16)20-10-19-13-5-1-2-6-14(13)20/h3-4,7-10H,1-2,5-6,17H2. The molecule has 2 heterocycles. The van der Waals surface area contributed by atoms with Gasteiger partial charge in [-0.1, -0.05) is 0 Å². The Morgan fingerprint density at radius 2 is 1.95 bits per heavy atom. The van der Waals surface area contributed by atoms with E-state index in [1.54, 1.807) is 0 Å². The number of hydrogen-bond donors (Lipinski definition) is 1. The monoisotopic (exact) mass is 264 g/mol. The van der Waals surface area contributed by atoms with E-state index in [1.807, 2.05) is 36.8 Å². The van der Waals surface area contributed by atoms with Crippen LogP contribution >= 0.6 is 0 Å². The van der Waals surface area contributed by atoms with Gasteiger partial charge in [0.25, 0.3) is 0 Å². The number of imidazole rings is 1. The number of anilines is 1. The van der Waals surface area contributed by atoms with Crippen molar-refractivity contribution in [3.05, 3.63) is 48.2 Å². The van der Waals surface area contributed by atoms with Gasteiger partial charge in [-0.2, -0.15) is 0 Å². The van der Waals surface area contributed by atoms with Crippen LogP contribution in [0, 0.1) is 0 Å². The summed E-state index contributed by atoms with van der Waals surface area (Å²) < 4.78 is 2.18. The van der Waals surface area contributed by atoms with E-state index >= 15 is 0 Å². The SMILES string of the molecule is Nc1ccc(-n2cnc3c2CCCC3)c2ncccc12. The molecule has 0 saturated heterocycles. The summed E-state index contributed by atoms with van der Waals surface area (Å²) in [6.45, 7) is 0. The quantitative estimate of drug-likeness (QED) is 0.687. The average Bonchev–Trinajstić information content (AvgIpc) is 2.92. The molecule has 2 aromatic heterocycles. The van der Waals surface area contributed by atoms with Gasteiger partial charge in [0.2, 0.25) is 0 Å². The highest BCUT2D eigenvalue weighted by Crippen LogP contribution is 2.29. The van der Waals surface area contributed by atoms with Gasteiger partial charge in [-0.15, -0.1) is 0 Å². The van der Waals surface area contributed by atoms with E-state index in [0.29, 0.717) is 0 Å². The summed E-state index contributed by atoms with van der Waals surface area (Å²) in [6, 6.07) is 7.94. The van der Waals surface area contributed by atoms with Crippen LogP contribution in [0.3, 0.4) is 0 Å². The maximum absolute atomic E-state index is 6.05. The van der Waals surface area contributed by atoms with Crippen LogP contribution in [0.4, 0.5) is 5.69 Å². The van der Waals surface area contributed by atoms with Crippen molar-refractivity contribution in [1.82, 2.24) is 14.5 Å². The lowest BCUT2D eigenvalue weighted by atomic mass is 10.0. The van der Waals surface area contributed by atoms with Gasteiger partial charge in [-0.05, 0) is 49.9 Å². The number of nitrogens with zero attached hydrogens (tertiary/aromatic N) is 3. The van der Waals surface area contributed by atoms with E-state index in [-0.39, 0.29) is 0 Å². The molecule has 0 amide bonds. The van der Waals surface area contributed by atoms with Crippen molar-refractivity contribution in [2.45, 2.75) is 25.7 Å². The molecule has 2 N–H and O–H groups in total. The van der Waals surface area contributed by atoms with Crippen LogP contribution in [-0.2, 0) is 12.8 Å². The smallest absolute Gasteiger partial charge is 0.0998 e. The van der Waals surface area contributed by atoms with Gasteiger partial charge in [0.1, 0.15) is 0 Å². The Labute approximate surface area is 117 Å². The van der Waals surface area contributed by atoms with Gasteiger partial charge in [-0.3, -0.25) is 4.98 Å². The first-order valence-corrected chi connectivity index (χ1v) is 7.03. The number of aromatic nitrogens is 3. The van der Waals surface area contributed by atoms with Crippen molar-refractivity contribution >= 4 is 16.6 Å². The Morgan fingerprint density at radius 1 is 1.05 bits per heavy atom. The molecular weight excluding hydrogens is 248 g/mol. The third-order valence-corrected chi connectivity index (χ3v) is 4.07. The van der Waals surface area contributed by atoms with Gasteiger partial charge >= 0.3 is 0 Å². The van der Waals surface area contributed by atoms with Crippen LogP contribution in [0.5, 0.6) is 0 Å². The van der Waals surface area contributed by atoms with Gasteiger partial charge < -0.3 is 10.3 Å². The molecule has 0 saturated carbocycles. The largest absolute Gasteiger partial charge is 0.398 e. The summed E-state index contributed by atoms with van der Waals surface area (Å²) in [7, 11) is 0. The fourth-order valence-corrected chi connectivity index (χ4v) is 3.05. The van der Waals surface area contributed by atoms with Crippen LogP contribution < -0.4 is 5.73 Å². The van der Waals surface area contributed by atoms with Crippen LogP contribution in [0.25, 0.3) is 16.6 Å².